The fraction of sp³-hybridized carbons (Fsp3) is 0.655. The van der Waals surface area contributed by atoms with E-state index in [1.807, 2.05) is 111 Å². The monoisotopic (exact) mass is 951 g/mol. The molecule has 0 aliphatic carbocycles. The van der Waals surface area contributed by atoms with Gasteiger partial charge in [-0.1, -0.05) is 147 Å². The molecular formula is C58H114N10. The van der Waals surface area contributed by atoms with Gasteiger partial charge in [-0.15, -0.1) is 0 Å². The molecule has 0 bridgehead atoms. The smallest absolute Gasteiger partial charge is 0.108 e. The van der Waals surface area contributed by atoms with Crippen molar-refractivity contribution in [2.75, 3.05) is 153 Å². The molecule has 4 saturated heterocycles. The van der Waals surface area contributed by atoms with Crippen LogP contribution in [0.25, 0.3) is 0 Å². The molecule has 4 aliphatic rings. The predicted molar refractivity (Wildman–Crippen MR) is 313 cm³/mol. The van der Waals surface area contributed by atoms with Crippen LogP contribution in [0.3, 0.4) is 0 Å². The van der Waals surface area contributed by atoms with Gasteiger partial charge in [0.1, 0.15) is 5.82 Å². The van der Waals surface area contributed by atoms with Crippen LogP contribution in [0.1, 0.15) is 111 Å². The second-order valence-electron chi connectivity index (χ2n) is 14.8. The number of aryl methyl sites for hydroxylation is 2. The summed E-state index contributed by atoms with van der Waals surface area (Å²) < 4.78 is 4.29. The zero-order valence-electron chi connectivity index (χ0n) is 49.0. The molecule has 0 N–H and O–H groups in total. The van der Waals surface area contributed by atoms with Gasteiger partial charge in [0, 0.05) is 149 Å². The van der Waals surface area contributed by atoms with Crippen molar-refractivity contribution in [3.8, 4) is 0 Å². The lowest BCUT2D eigenvalue weighted by molar-refractivity contribution is 0.311. The number of aromatic nitrogens is 2. The summed E-state index contributed by atoms with van der Waals surface area (Å²) in [5.74, 6) is 1.34. The number of nitrogens with zero attached hydrogens (tertiary/aromatic N) is 10. The molecule has 396 valence electrons. The van der Waals surface area contributed by atoms with E-state index in [9.17, 15) is 0 Å². The molecule has 0 unspecified atom stereocenters. The van der Waals surface area contributed by atoms with Crippen molar-refractivity contribution in [3.05, 3.63) is 97.5 Å². The lowest BCUT2D eigenvalue weighted by Crippen LogP contribution is -2.45. The fourth-order valence-corrected chi connectivity index (χ4v) is 6.96. The molecule has 4 fully saturated rings. The minimum absolute atomic E-state index is 1.15. The van der Waals surface area contributed by atoms with Crippen molar-refractivity contribution in [1.29, 1.82) is 0 Å². The third kappa shape index (κ3) is 30.5. The van der Waals surface area contributed by atoms with Crippen molar-refractivity contribution in [1.82, 2.24) is 28.7 Å². The van der Waals surface area contributed by atoms with E-state index in [2.05, 4.69) is 188 Å². The van der Waals surface area contributed by atoms with Gasteiger partial charge in [-0.25, -0.2) is 0 Å². The summed E-state index contributed by atoms with van der Waals surface area (Å²) in [5, 5.41) is 0. The highest BCUT2D eigenvalue weighted by molar-refractivity contribution is 5.47. The second-order valence-corrected chi connectivity index (χ2v) is 14.8. The highest BCUT2D eigenvalue weighted by atomic mass is 15.3. The first kappa shape index (κ1) is 70.6. The maximum atomic E-state index is 2.44. The van der Waals surface area contributed by atoms with Crippen molar-refractivity contribution < 1.29 is 0 Å². The van der Waals surface area contributed by atoms with Gasteiger partial charge in [-0.3, -0.25) is 0 Å². The Hall–Kier alpha value is -3.96. The van der Waals surface area contributed by atoms with Crippen LogP contribution in [0.5, 0.6) is 0 Å². The highest BCUT2D eigenvalue weighted by Crippen LogP contribution is 2.18. The van der Waals surface area contributed by atoms with Gasteiger partial charge in [0.15, 0.2) is 0 Å². The standard InChI is InChI=1S/2C11H16N2.2C10H17N3.8C2H6/c2*1-12-7-9-13(10-8-12)11-5-3-2-4-6-11;1-11-5-7-13(8-6-11)10-3-4-12(2)9-10;1-11-6-8-13(9-7-11)10-4-3-5-12(10)2;8*1-2/h2*2-6H,7-10H2,1H3;3-4,9H,5-8H2,1-2H3;3-5H,6-9H2,1-2H3;8*1-2H3. The van der Waals surface area contributed by atoms with Gasteiger partial charge < -0.3 is 48.3 Å². The fourth-order valence-electron chi connectivity index (χ4n) is 6.96. The van der Waals surface area contributed by atoms with E-state index in [1.54, 1.807) is 0 Å². The number of rotatable bonds is 4. The number of para-hydroxylation sites is 2. The van der Waals surface area contributed by atoms with Crippen LogP contribution >= 0.6 is 0 Å². The highest BCUT2D eigenvalue weighted by Gasteiger charge is 2.17. The van der Waals surface area contributed by atoms with Crippen LogP contribution in [0.2, 0.25) is 0 Å². The summed E-state index contributed by atoms with van der Waals surface area (Å²) in [6.45, 7) is 50.6. The number of likely N-dealkylation sites (N-methyl/N-ethyl adjacent to an activating group) is 4. The SMILES string of the molecule is CC.CC.CC.CC.CC.CC.CC.CC.CN1CCN(c2ccccc2)CC1.CN1CCN(c2ccccc2)CC1.CN1CCN(c2cccn2C)CC1.CN1CCN(c2ccn(C)c2)CC1. The van der Waals surface area contributed by atoms with Gasteiger partial charge in [0.25, 0.3) is 0 Å². The van der Waals surface area contributed by atoms with E-state index in [0.29, 0.717) is 0 Å². The molecule has 10 heteroatoms. The Morgan fingerprint density at radius 3 is 0.794 bits per heavy atom. The molecular weight excluding hydrogens is 837 g/mol. The predicted octanol–water partition coefficient (Wildman–Crippen LogP) is 12.6. The van der Waals surface area contributed by atoms with E-state index in [0.717, 1.165) is 52.4 Å². The van der Waals surface area contributed by atoms with E-state index in [-0.39, 0.29) is 0 Å². The number of benzene rings is 2. The van der Waals surface area contributed by atoms with Crippen LogP contribution in [0.4, 0.5) is 22.9 Å². The number of piperazine rings is 4. The number of hydrogen-bond acceptors (Lipinski definition) is 8. The van der Waals surface area contributed by atoms with Crippen LogP contribution in [-0.4, -0.2) is 162 Å². The van der Waals surface area contributed by atoms with Gasteiger partial charge in [-0.05, 0) is 70.7 Å². The first-order valence-electron chi connectivity index (χ1n) is 27.3. The van der Waals surface area contributed by atoms with Gasteiger partial charge in [-0.2, -0.15) is 0 Å². The second kappa shape index (κ2) is 49.5. The average molecular weight is 952 g/mol. The summed E-state index contributed by atoms with van der Waals surface area (Å²) in [4.78, 5) is 19.3. The van der Waals surface area contributed by atoms with Crippen molar-refractivity contribution in [3.63, 3.8) is 0 Å². The van der Waals surface area contributed by atoms with Crippen molar-refractivity contribution in [2.24, 2.45) is 14.1 Å². The Morgan fingerprint density at radius 2 is 0.544 bits per heavy atom. The number of hydrogen-bond donors (Lipinski definition) is 0. The summed E-state index contributed by atoms with van der Waals surface area (Å²) in [6.07, 6.45) is 6.40. The average Bonchev–Trinajstić information content (AvgIpc) is 4.08. The molecule has 4 aliphatic heterocycles. The topological polar surface area (TPSA) is 35.8 Å². The van der Waals surface area contributed by atoms with E-state index >= 15 is 0 Å². The van der Waals surface area contributed by atoms with Crippen LogP contribution < -0.4 is 19.6 Å². The summed E-state index contributed by atoms with van der Waals surface area (Å²) in [6, 6.07) is 27.8. The Kier molecular flexibility index (Phi) is 51.4. The summed E-state index contributed by atoms with van der Waals surface area (Å²) in [7, 11) is 12.9. The quantitative estimate of drug-likeness (QED) is 0.200. The molecule has 2 aromatic carbocycles. The molecule has 6 heterocycles. The maximum absolute atomic E-state index is 2.44. The minimum Gasteiger partial charge on any atom is -0.369 e. The van der Waals surface area contributed by atoms with Crippen molar-refractivity contribution >= 4 is 22.9 Å². The molecule has 8 rings (SSSR count). The Balaban J connectivity index is -0.000000365. The third-order valence-corrected chi connectivity index (χ3v) is 10.7. The Bertz CT molecular complexity index is 1450. The van der Waals surface area contributed by atoms with Crippen LogP contribution in [0.15, 0.2) is 97.5 Å². The molecule has 0 radical (unpaired) electrons. The molecule has 0 saturated carbocycles. The van der Waals surface area contributed by atoms with E-state index < -0.39 is 0 Å². The largest absolute Gasteiger partial charge is 0.369 e. The van der Waals surface area contributed by atoms with Crippen LogP contribution in [0, 0.1) is 0 Å². The molecule has 0 amide bonds. The summed E-state index contributed by atoms with van der Waals surface area (Å²) >= 11 is 0. The first-order chi connectivity index (χ1) is 33.2. The molecule has 0 spiro atoms. The Morgan fingerprint density at radius 1 is 0.265 bits per heavy atom. The third-order valence-electron chi connectivity index (χ3n) is 10.7. The van der Waals surface area contributed by atoms with Gasteiger partial charge in [0.2, 0.25) is 0 Å². The summed E-state index contributed by atoms with van der Waals surface area (Å²) in [5.41, 5.74) is 4.07. The number of anilines is 4. The zero-order valence-corrected chi connectivity index (χ0v) is 49.0. The maximum Gasteiger partial charge on any atom is 0.108 e. The van der Waals surface area contributed by atoms with E-state index in [4.69, 9.17) is 0 Å². The van der Waals surface area contributed by atoms with Crippen molar-refractivity contribution in [2.45, 2.75) is 111 Å². The minimum atomic E-state index is 1.15. The first-order valence-corrected chi connectivity index (χ1v) is 27.3. The normalized spacial score (nSPS) is 15.4. The van der Waals surface area contributed by atoms with Crippen LogP contribution in [-0.2, 0) is 14.1 Å². The molecule has 4 aromatic rings. The molecule has 2 aromatic heterocycles. The molecule has 0 atom stereocenters. The van der Waals surface area contributed by atoms with Gasteiger partial charge in [0.05, 0.1) is 5.69 Å². The molecule has 68 heavy (non-hydrogen) atoms. The Labute approximate surface area is 424 Å². The lowest BCUT2D eigenvalue weighted by atomic mass is 10.2. The zero-order chi connectivity index (χ0) is 52.7. The lowest BCUT2D eigenvalue weighted by Gasteiger charge is -2.33. The molecule has 10 nitrogen and oxygen atoms in total. The van der Waals surface area contributed by atoms with Gasteiger partial charge >= 0.3 is 0 Å². The van der Waals surface area contributed by atoms with E-state index in [1.165, 1.54) is 75.2 Å².